The largest absolute Gasteiger partial charge is 0.461 e. The maximum Gasteiger partial charge on any atom is 0.213 e. The Morgan fingerprint density at radius 2 is 1.74 bits per heavy atom. The summed E-state index contributed by atoms with van der Waals surface area (Å²) < 4.78 is 7.73. The quantitative estimate of drug-likeness (QED) is 0.496. The fourth-order valence-electron chi connectivity index (χ4n) is 5.21. The molecule has 0 spiro atoms. The standard InChI is InChI=1S/C24H28N6O/c1-2-7-18(8-3-1)17-28-12-14-29(15-13-28)24-25-20-10-5-4-9-19(20)22-26-27-23(30(22)24)21-11-6-16-31-21/h4-6,9-11,16,18H,1-3,7-8,12-15,17H2. The lowest BCUT2D eigenvalue weighted by Gasteiger charge is -2.37. The van der Waals surface area contributed by atoms with Crippen molar-refractivity contribution >= 4 is 22.5 Å². The summed E-state index contributed by atoms with van der Waals surface area (Å²) in [5, 5.41) is 10.0. The molecule has 0 N–H and O–H groups in total. The summed E-state index contributed by atoms with van der Waals surface area (Å²) in [6.07, 6.45) is 8.72. The first-order valence-electron chi connectivity index (χ1n) is 11.5. The molecule has 0 amide bonds. The van der Waals surface area contributed by atoms with Gasteiger partial charge in [-0.1, -0.05) is 31.4 Å². The van der Waals surface area contributed by atoms with Crippen molar-refractivity contribution in [1.29, 1.82) is 0 Å². The Balaban J connectivity index is 1.33. The molecule has 2 fully saturated rings. The predicted octanol–water partition coefficient (Wildman–Crippen LogP) is 4.24. The second kappa shape index (κ2) is 7.96. The van der Waals surface area contributed by atoms with Gasteiger partial charge in [0, 0.05) is 38.1 Å². The molecule has 1 saturated carbocycles. The number of fused-ring (bicyclic) bond motifs is 3. The van der Waals surface area contributed by atoms with Crippen molar-refractivity contribution in [1.82, 2.24) is 24.5 Å². The van der Waals surface area contributed by atoms with E-state index in [1.807, 2.05) is 24.3 Å². The molecule has 4 heterocycles. The number of anilines is 1. The van der Waals surface area contributed by atoms with E-state index in [9.17, 15) is 0 Å². The van der Waals surface area contributed by atoms with Gasteiger partial charge < -0.3 is 9.32 Å². The molecule has 1 saturated heterocycles. The van der Waals surface area contributed by atoms with Crippen molar-refractivity contribution in [2.45, 2.75) is 32.1 Å². The summed E-state index contributed by atoms with van der Waals surface area (Å²) in [6, 6.07) is 12.0. The number of rotatable bonds is 4. The Kier molecular flexibility index (Phi) is 4.83. The minimum Gasteiger partial charge on any atom is -0.461 e. The van der Waals surface area contributed by atoms with E-state index in [4.69, 9.17) is 9.40 Å². The molecule has 0 atom stereocenters. The average molecular weight is 417 g/mol. The molecule has 31 heavy (non-hydrogen) atoms. The van der Waals surface area contributed by atoms with Crippen LogP contribution in [0.5, 0.6) is 0 Å². The lowest BCUT2D eigenvalue weighted by atomic mass is 9.89. The lowest BCUT2D eigenvalue weighted by Crippen LogP contribution is -2.48. The van der Waals surface area contributed by atoms with Crippen LogP contribution in [0.25, 0.3) is 28.1 Å². The van der Waals surface area contributed by atoms with Crippen LogP contribution in [0.3, 0.4) is 0 Å². The van der Waals surface area contributed by atoms with Gasteiger partial charge in [-0.15, -0.1) is 10.2 Å². The lowest BCUT2D eigenvalue weighted by molar-refractivity contribution is 0.191. The van der Waals surface area contributed by atoms with Crippen LogP contribution in [0.1, 0.15) is 32.1 Å². The molecule has 2 aliphatic rings. The van der Waals surface area contributed by atoms with E-state index in [0.717, 1.165) is 54.6 Å². The smallest absolute Gasteiger partial charge is 0.213 e. The highest BCUT2D eigenvalue weighted by Crippen LogP contribution is 2.30. The van der Waals surface area contributed by atoms with Gasteiger partial charge >= 0.3 is 0 Å². The minimum absolute atomic E-state index is 0.706. The number of benzene rings is 1. The first kappa shape index (κ1) is 18.8. The summed E-state index contributed by atoms with van der Waals surface area (Å²) in [7, 11) is 0. The number of piperazine rings is 1. The van der Waals surface area contributed by atoms with Crippen molar-refractivity contribution in [3.8, 4) is 11.6 Å². The Hall–Kier alpha value is -2.93. The summed E-state index contributed by atoms with van der Waals surface area (Å²) in [5.74, 6) is 3.20. The van der Waals surface area contributed by atoms with E-state index < -0.39 is 0 Å². The fourth-order valence-corrected chi connectivity index (χ4v) is 5.21. The molecule has 4 aromatic rings. The normalized spacial score (nSPS) is 18.9. The van der Waals surface area contributed by atoms with Gasteiger partial charge in [0.05, 0.1) is 11.8 Å². The average Bonchev–Trinajstić information content (AvgIpc) is 3.50. The molecule has 1 aromatic carbocycles. The van der Waals surface area contributed by atoms with E-state index in [1.54, 1.807) is 6.26 Å². The molecule has 7 heteroatoms. The summed E-state index contributed by atoms with van der Waals surface area (Å²) in [6.45, 7) is 5.32. The van der Waals surface area contributed by atoms with Crippen molar-refractivity contribution in [2.75, 3.05) is 37.6 Å². The van der Waals surface area contributed by atoms with Gasteiger partial charge in [0.1, 0.15) is 0 Å². The van der Waals surface area contributed by atoms with Crippen LogP contribution < -0.4 is 4.90 Å². The zero-order valence-electron chi connectivity index (χ0n) is 17.8. The molecule has 3 aromatic heterocycles. The van der Waals surface area contributed by atoms with Crippen molar-refractivity contribution < 1.29 is 4.42 Å². The van der Waals surface area contributed by atoms with Gasteiger partial charge in [-0.25, -0.2) is 9.38 Å². The molecular formula is C24H28N6O. The Morgan fingerprint density at radius 3 is 2.55 bits per heavy atom. The van der Waals surface area contributed by atoms with E-state index in [2.05, 4.69) is 36.5 Å². The van der Waals surface area contributed by atoms with Crippen LogP contribution in [0.15, 0.2) is 47.1 Å². The van der Waals surface area contributed by atoms with Gasteiger partial charge in [-0.2, -0.15) is 0 Å². The zero-order chi connectivity index (χ0) is 20.6. The number of hydrogen-bond acceptors (Lipinski definition) is 6. The molecule has 1 aliphatic heterocycles. The van der Waals surface area contributed by atoms with Gasteiger partial charge in [0.2, 0.25) is 11.8 Å². The third kappa shape index (κ3) is 3.47. The van der Waals surface area contributed by atoms with Gasteiger partial charge in [-0.3, -0.25) is 4.90 Å². The zero-order valence-corrected chi connectivity index (χ0v) is 17.8. The first-order chi connectivity index (χ1) is 15.4. The second-order valence-corrected chi connectivity index (χ2v) is 8.88. The van der Waals surface area contributed by atoms with Gasteiger partial charge in [0.25, 0.3) is 0 Å². The molecule has 0 bridgehead atoms. The number of furan rings is 1. The Morgan fingerprint density at radius 1 is 0.903 bits per heavy atom. The van der Waals surface area contributed by atoms with E-state index >= 15 is 0 Å². The molecule has 0 radical (unpaired) electrons. The van der Waals surface area contributed by atoms with Crippen LogP contribution in [0.2, 0.25) is 0 Å². The SMILES string of the molecule is c1coc(-c2nnc3c4ccccc4nc(N4CCN(CC5CCCCC5)CC4)n23)c1. The number of para-hydroxylation sites is 1. The van der Waals surface area contributed by atoms with E-state index in [0.29, 0.717) is 11.6 Å². The maximum absolute atomic E-state index is 5.66. The van der Waals surface area contributed by atoms with Crippen LogP contribution in [0.4, 0.5) is 5.95 Å². The second-order valence-electron chi connectivity index (χ2n) is 8.88. The van der Waals surface area contributed by atoms with Crippen molar-refractivity contribution in [3.63, 3.8) is 0 Å². The third-order valence-corrected chi connectivity index (χ3v) is 6.87. The van der Waals surface area contributed by atoms with E-state index in [1.165, 1.54) is 38.6 Å². The summed E-state index contributed by atoms with van der Waals surface area (Å²) in [4.78, 5) is 10.1. The van der Waals surface area contributed by atoms with Crippen LogP contribution in [-0.4, -0.2) is 57.2 Å². The monoisotopic (exact) mass is 416 g/mol. The highest BCUT2D eigenvalue weighted by atomic mass is 16.3. The number of aromatic nitrogens is 4. The first-order valence-corrected chi connectivity index (χ1v) is 11.5. The Bertz CT molecular complexity index is 1170. The Labute approximate surface area is 181 Å². The fraction of sp³-hybridized carbons (Fsp3) is 0.458. The summed E-state index contributed by atoms with van der Waals surface area (Å²) >= 11 is 0. The third-order valence-electron chi connectivity index (χ3n) is 6.87. The molecule has 7 nitrogen and oxygen atoms in total. The van der Waals surface area contributed by atoms with Gasteiger partial charge in [0.15, 0.2) is 11.4 Å². The number of nitrogens with zero attached hydrogens (tertiary/aromatic N) is 6. The maximum atomic E-state index is 5.66. The summed E-state index contributed by atoms with van der Waals surface area (Å²) in [5.41, 5.74) is 1.78. The van der Waals surface area contributed by atoms with Crippen LogP contribution in [-0.2, 0) is 0 Å². The highest BCUT2D eigenvalue weighted by Gasteiger charge is 2.26. The molecule has 0 unspecified atom stereocenters. The predicted molar refractivity (Wildman–Crippen MR) is 121 cm³/mol. The highest BCUT2D eigenvalue weighted by molar-refractivity contribution is 5.93. The van der Waals surface area contributed by atoms with Gasteiger partial charge in [-0.05, 0) is 43.0 Å². The topological polar surface area (TPSA) is 62.7 Å². The number of hydrogen-bond donors (Lipinski definition) is 0. The molecule has 1 aliphatic carbocycles. The van der Waals surface area contributed by atoms with Crippen LogP contribution in [0, 0.1) is 5.92 Å². The molecule has 160 valence electrons. The molecule has 6 rings (SSSR count). The van der Waals surface area contributed by atoms with E-state index in [-0.39, 0.29) is 0 Å². The van der Waals surface area contributed by atoms with Crippen molar-refractivity contribution in [3.05, 3.63) is 42.7 Å². The van der Waals surface area contributed by atoms with Crippen molar-refractivity contribution in [2.24, 2.45) is 5.92 Å². The van der Waals surface area contributed by atoms with Crippen LogP contribution >= 0.6 is 0 Å². The molecular weight excluding hydrogens is 388 g/mol. The minimum atomic E-state index is 0.706.